The summed E-state index contributed by atoms with van der Waals surface area (Å²) in [6.45, 7) is 8.09. The van der Waals surface area contributed by atoms with E-state index in [9.17, 15) is 18.8 Å². The van der Waals surface area contributed by atoms with Crippen LogP contribution < -0.4 is 5.32 Å². The van der Waals surface area contributed by atoms with Gasteiger partial charge in [0.15, 0.2) is 0 Å². The largest absolute Gasteiger partial charge is 0.370 e. The number of carbonyl (C=O) groups excluding carboxylic acids is 3. The van der Waals surface area contributed by atoms with Crippen molar-refractivity contribution in [3.8, 4) is 11.3 Å². The van der Waals surface area contributed by atoms with Crippen LogP contribution in [0.5, 0.6) is 0 Å². The van der Waals surface area contributed by atoms with E-state index >= 15 is 0 Å². The molecule has 2 aliphatic rings. The lowest BCUT2D eigenvalue weighted by molar-refractivity contribution is -0.146. The summed E-state index contributed by atoms with van der Waals surface area (Å²) >= 11 is 6.43. The minimum Gasteiger partial charge on any atom is -0.370 e. The topological polar surface area (TPSA) is 96.8 Å². The SMILES string of the molecule is CC(C)(C)n1ncc(C(=O)Nc2ccc(Cl)c(C(=O)N3CCC(N4CCOCC4=O)CC3)c2)c1-c1ccc(F)cc1. The standard InChI is InChI=1S/C30H33ClFN5O4/c1-30(2,3)37-27(19-4-6-20(32)7-5-19)24(17-33-37)28(39)34-21-8-9-25(31)23(16-21)29(40)35-12-10-22(11-13-35)36-14-15-41-18-26(36)38/h4-9,16-17,22H,10-15,18H2,1-3H3,(H,34,39). The van der Waals surface area contributed by atoms with E-state index in [1.54, 1.807) is 39.9 Å². The lowest BCUT2D eigenvalue weighted by Gasteiger charge is -2.40. The number of likely N-dealkylation sites (tertiary alicyclic amines) is 1. The number of ether oxygens (including phenoxy) is 1. The Morgan fingerprint density at radius 2 is 1.76 bits per heavy atom. The van der Waals surface area contributed by atoms with Crippen molar-refractivity contribution >= 4 is 35.0 Å². The summed E-state index contributed by atoms with van der Waals surface area (Å²) in [5.74, 6) is -1.04. The first-order valence-corrected chi connectivity index (χ1v) is 14.0. The van der Waals surface area contributed by atoms with Gasteiger partial charge >= 0.3 is 0 Å². The Kier molecular flexibility index (Phi) is 8.15. The van der Waals surface area contributed by atoms with Crippen molar-refractivity contribution in [3.05, 3.63) is 70.6 Å². The molecular weight excluding hydrogens is 549 g/mol. The van der Waals surface area contributed by atoms with Crippen LogP contribution in [0.15, 0.2) is 48.7 Å². The first-order valence-electron chi connectivity index (χ1n) is 13.6. The van der Waals surface area contributed by atoms with E-state index in [4.69, 9.17) is 16.3 Å². The van der Waals surface area contributed by atoms with Crippen LogP contribution in [0.2, 0.25) is 5.02 Å². The number of halogens is 2. The molecule has 41 heavy (non-hydrogen) atoms. The second-order valence-corrected chi connectivity index (χ2v) is 11.7. The molecule has 1 N–H and O–H groups in total. The third kappa shape index (κ3) is 6.13. The van der Waals surface area contributed by atoms with E-state index in [0.29, 0.717) is 61.6 Å². The summed E-state index contributed by atoms with van der Waals surface area (Å²) in [4.78, 5) is 42.7. The second-order valence-electron chi connectivity index (χ2n) is 11.3. The maximum Gasteiger partial charge on any atom is 0.259 e. The van der Waals surface area contributed by atoms with Gasteiger partial charge in [-0.05, 0) is 76.1 Å². The molecule has 216 valence electrons. The molecule has 0 saturated carbocycles. The molecule has 2 fully saturated rings. The molecule has 0 atom stereocenters. The molecule has 3 aromatic rings. The van der Waals surface area contributed by atoms with Crippen molar-refractivity contribution in [2.45, 2.75) is 45.2 Å². The predicted molar refractivity (Wildman–Crippen MR) is 153 cm³/mol. The highest BCUT2D eigenvalue weighted by atomic mass is 35.5. The number of aromatic nitrogens is 2. The Labute approximate surface area is 243 Å². The average molecular weight is 582 g/mol. The fourth-order valence-corrected chi connectivity index (χ4v) is 5.54. The molecule has 1 aromatic heterocycles. The van der Waals surface area contributed by atoms with Crippen LogP contribution in [0.25, 0.3) is 11.3 Å². The number of benzene rings is 2. The van der Waals surface area contributed by atoms with Crippen LogP contribution in [0, 0.1) is 5.82 Å². The van der Waals surface area contributed by atoms with E-state index in [1.165, 1.54) is 18.3 Å². The number of nitrogens with one attached hydrogen (secondary N) is 1. The van der Waals surface area contributed by atoms with Crippen LogP contribution in [0.1, 0.15) is 54.3 Å². The third-order valence-electron chi connectivity index (χ3n) is 7.44. The molecule has 0 radical (unpaired) electrons. The zero-order valence-corrected chi connectivity index (χ0v) is 24.1. The number of rotatable bonds is 5. The average Bonchev–Trinajstić information content (AvgIpc) is 3.41. The van der Waals surface area contributed by atoms with Gasteiger partial charge in [0.05, 0.1) is 40.2 Å². The summed E-state index contributed by atoms with van der Waals surface area (Å²) in [5, 5.41) is 7.62. The number of hydrogen-bond acceptors (Lipinski definition) is 5. The first kappa shape index (κ1) is 28.8. The Balaban J connectivity index is 1.33. The smallest absolute Gasteiger partial charge is 0.259 e. The van der Waals surface area contributed by atoms with Crippen LogP contribution in [-0.4, -0.2) is 76.2 Å². The molecular formula is C30H33ClFN5O4. The molecule has 3 amide bonds. The molecule has 2 aromatic carbocycles. The number of hydrogen-bond donors (Lipinski definition) is 1. The van der Waals surface area contributed by atoms with Gasteiger partial charge < -0.3 is 19.9 Å². The summed E-state index contributed by atoms with van der Waals surface area (Å²) in [7, 11) is 0. The lowest BCUT2D eigenvalue weighted by atomic mass is 10.0. The molecule has 0 aliphatic carbocycles. The highest BCUT2D eigenvalue weighted by Crippen LogP contribution is 2.31. The molecule has 3 heterocycles. The van der Waals surface area contributed by atoms with Crippen LogP contribution in [0.3, 0.4) is 0 Å². The number of anilines is 1. The summed E-state index contributed by atoms with van der Waals surface area (Å²) in [6.07, 6.45) is 2.84. The van der Waals surface area contributed by atoms with Gasteiger partial charge in [0.25, 0.3) is 11.8 Å². The maximum atomic E-state index is 13.6. The molecule has 2 aliphatic heterocycles. The number of piperidine rings is 1. The summed E-state index contributed by atoms with van der Waals surface area (Å²) in [6, 6.07) is 10.8. The van der Waals surface area contributed by atoms with Gasteiger partial charge in [0, 0.05) is 36.9 Å². The van der Waals surface area contributed by atoms with Crippen molar-refractivity contribution in [2.75, 3.05) is 38.2 Å². The number of nitrogens with zero attached hydrogens (tertiary/aromatic N) is 4. The quantitative estimate of drug-likeness (QED) is 0.466. The van der Waals surface area contributed by atoms with Gasteiger partial charge in [0.1, 0.15) is 12.4 Å². The highest BCUT2D eigenvalue weighted by Gasteiger charge is 2.32. The Hall–Kier alpha value is -3.76. The van der Waals surface area contributed by atoms with Crippen molar-refractivity contribution in [3.63, 3.8) is 0 Å². The zero-order chi connectivity index (χ0) is 29.3. The van der Waals surface area contributed by atoms with Gasteiger partial charge in [0.2, 0.25) is 5.91 Å². The molecule has 5 rings (SSSR count). The first-order chi connectivity index (χ1) is 19.5. The van der Waals surface area contributed by atoms with Gasteiger partial charge in [-0.25, -0.2) is 4.39 Å². The highest BCUT2D eigenvalue weighted by molar-refractivity contribution is 6.34. The van der Waals surface area contributed by atoms with Crippen molar-refractivity contribution in [1.29, 1.82) is 0 Å². The maximum absolute atomic E-state index is 13.6. The summed E-state index contributed by atoms with van der Waals surface area (Å²) in [5.41, 5.74) is 1.78. The Morgan fingerprint density at radius 3 is 2.41 bits per heavy atom. The number of amides is 3. The van der Waals surface area contributed by atoms with Crippen LogP contribution >= 0.6 is 11.6 Å². The molecule has 11 heteroatoms. The van der Waals surface area contributed by atoms with E-state index in [0.717, 1.165) is 0 Å². The summed E-state index contributed by atoms with van der Waals surface area (Å²) < 4.78 is 20.6. The monoisotopic (exact) mass is 581 g/mol. The molecule has 9 nitrogen and oxygen atoms in total. The van der Waals surface area contributed by atoms with E-state index in [2.05, 4.69) is 10.4 Å². The number of carbonyl (C=O) groups is 3. The minimum absolute atomic E-state index is 0.0110. The fourth-order valence-electron chi connectivity index (χ4n) is 5.34. The Bertz CT molecular complexity index is 1460. The predicted octanol–water partition coefficient (Wildman–Crippen LogP) is 4.81. The molecule has 0 bridgehead atoms. The van der Waals surface area contributed by atoms with E-state index in [1.807, 2.05) is 25.7 Å². The van der Waals surface area contributed by atoms with Crippen LogP contribution in [0.4, 0.5) is 10.1 Å². The minimum atomic E-state index is -0.440. The molecule has 0 spiro atoms. The van der Waals surface area contributed by atoms with Gasteiger partial charge in [-0.15, -0.1) is 0 Å². The van der Waals surface area contributed by atoms with Gasteiger partial charge in [-0.3, -0.25) is 19.1 Å². The number of morpholine rings is 1. The lowest BCUT2D eigenvalue weighted by Crippen LogP contribution is -2.52. The molecule has 0 unspecified atom stereocenters. The molecule has 2 saturated heterocycles. The normalized spacial score (nSPS) is 16.7. The van der Waals surface area contributed by atoms with Crippen molar-refractivity contribution < 1.29 is 23.5 Å². The van der Waals surface area contributed by atoms with Gasteiger partial charge in [-0.2, -0.15) is 5.10 Å². The van der Waals surface area contributed by atoms with E-state index < -0.39 is 11.4 Å². The van der Waals surface area contributed by atoms with E-state index in [-0.39, 0.29) is 40.9 Å². The van der Waals surface area contributed by atoms with Crippen molar-refractivity contribution in [1.82, 2.24) is 19.6 Å². The third-order valence-corrected chi connectivity index (χ3v) is 7.77. The van der Waals surface area contributed by atoms with Crippen LogP contribution in [-0.2, 0) is 15.1 Å². The van der Waals surface area contributed by atoms with Gasteiger partial charge in [-0.1, -0.05) is 11.6 Å². The van der Waals surface area contributed by atoms with Crippen molar-refractivity contribution in [2.24, 2.45) is 0 Å². The fraction of sp³-hybridized carbons (Fsp3) is 0.400. The second kappa shape index (κ2) is 11.6. The zero-order valence-electron chi connectivity index (χ0n) is 23.3. The Morgan fingerprint density at radius 1 is 1.05 bits per heavy atom.